The summed E-state index contributed by atoms with van der Waals surface area (Å²) in [5, 5.41) is 12.0. The molecule has 1 rings (SSSR count). The van der Waals surface area contributed by atoms with E-state index in [0.717, 1.165) is 12.7 Å². The molecule has 0 saturated carbocycles. The number of carbonyl (C=O) groups excluding carboxylic acids is 2. The monoisotopic (exact) mass is 267 g/mol. The SMILES string of the molecule is COC(=O)[C@](C)(O)CNC(=O)OCc1ccccc1. The molecule has 19 heavy (non-hydrogen) atoms. The van der Waals surface area contributed by atoms with Crippen LogP contribution in [0.3, 0.4) is 0 Å². The molecule has 1 amide bonds. The number of hydrogen-bond donors (Lipinski definition) is 2. The normalized spacial score (nSPS) is 13.2. The molecule has 2 N–H and O–H groups in total. The van der Waals surface area contributed by atoms with Gasteiger partial charge in [0.15, 0.2) is 5.60 Å². The lowest BCUT2D eigenvalue weighted by atomic mass is 10.1. The van der Waals surface area contributed by atoms with Crippen LogP contribution in [0.5, 0.6) is 0 Å². The molecule has 6 heteroatoms. The molecule has 0 fully saturated rings. The maximum atomic E-state index is 11.4. The predicted octanol–water partition coefficient (Wildman–Crippen LogP) is 0.837. The number of hydrogen-bond acceptors (Lipinski definition) is 5. The molecule has 1 atom stereocenters. The Morgan fingerprint density at radius 3 is 2.53 bits per heavy atom. The number of nitrogens with one attached hydrogen (secondary N) is 1. The average molecular weight is 267 g/mol. The minimum atomic E-state index is -1.78. The third-order valence-corrected chi connectivity index (χ3v) is 2.41. The first-order chi connectivity index (χ1) is 8.95. The Morgan fingerprint density at radius 1 is 1.32 bits per heavy atom. The number of rotatable bonds is 5. The van der Waals surface area contributed by atoms with E-state index >= 15 is 0 Å². The van der Waals surface area contributed by atoms with Crippen LogP contribution in [0.15, 0.2) is 30.3 Å². The Labute approximate surface area is 111 Å². The summed E-state index contributed by atoms with van der Waals surface area (Å²) in [7, 11) is 1.16. The van der Waals surface area contributed by atoms with Crippen molar-refractivity contribution in [2.75, 3.05) is 13.7 Å². The average Bonchev–Trinajstić information content (AvgIpc) is 2.43. The molecule has 0 aromatic heterocycles. The van der Waals surface area contributed by atoms with Gasteiger partial charge in [-0.3, -0.25) is 0 Å². The van der Waals surface area contributed by atoms with Gasteiger partial charge in [0, 0.05) is 0 Å². The fourth-order valence-electron chi connectivity index (χ4n) is 1.31. The Bertz CT molecular complexity index is 430. The number of methoxy groups -OCH3 is 1. The molecule has 0 radical (unpaired) electrons. The Hall–Kier alpha value is -2.08. The van der Waals surface area contributed by atoms with Gasteiger partial charge in [-0.15, -0.1) is 0 Å². The van der Waals surface area contributed by atoms with Crippen LogP contribution in [-0.2, 0) is 20.9 Å². The van der Waals surface area contributed by atoms with Crippen LogP contribution in [0, 0.1) is 0 Å². The van der Waals surface area contributed by atoms with Crippen LogP contribution in [0.4, 0.5) is 4.79 Å². The summed E-state index contributed by atoms with van der Waals surface area (Å²) in [5.74, 6) is -0.823. The number of esters is 1. The molecule has 0 aliphatic carbocycles. The number of aliphatic hydroxyl groups is 1. The van der Waals surface area contributed by atoms with Crippen LogP contribution in [0.1, 0.15) is 12.5 Å². The number of amides is 1. The molecule has 1 aromatic carbocycles. The second-order valence-electron chi connectivity index (χ2n) is 4.18. The van der Waals surface area contributed by atoms with Gasteiger partial charge in [0.2, 0.25) is 0 Å². The van der Waals surface area contributed by atoms with Crippen LogP contribution < -0.4 is 5.32 Å². The van der Waals surface area contributed by atoms with Crippen LogP contribution in [0.2, 0.25) is 0 Å². The lowest BCUT2D eigenvalue weighted by Crippen LogP contribution is -2.47. The molecule has 0 heterocycles. The van der Waals surface area contributed by atoms with Crippen molar-refractivity contribution in [3.05, 3.63) is 35.9 Å². The second-order valence-corrected chi connectivity index (χ2v) is 4.18. The minimum Gasteiger partial charge on any atom is -0.467 e. The highest BCUT2D eigenvalue weighted by molar-refractivity contribution is 5.79. The van der Waals surface area contributed by atoms with Crippen molar-refractivity contribution in [3.63, 3.8) is 0 Å². The van der Waals surface area contributed by atoms with E-state index in [1.807, 2.05) is 30.3 Å². The Kier molecular flexibility index (Phi) is 5.32. The van der Waals surface area contributed by atoms with E-state index in [1.165, 1.54) is 6.92 Å². The van der Waals surface area contributed by atoms with Crippen LogP contribution >= 0.6 is 0 Å². The fourth-order valence-corrected chi connectivity index (χ4v) is 1.31. The Balaban J connectivity index is 2.34. The van der Waals surface area contributed by atoms with Crippen molar-refractivity contribution < 1.29 is 24.2 Å². The maximum Gasteiger partial charge on any atom is 0.407 e. The standard InChI is InChI=1S/C13H17NO5/c1-13(17,11(15)18-2)9-14-12(16)19-8-10-6-4-3-5-7-10/h3-7,17H,8-9H2,1-2H3,(H,14,16)/t13-/m1/s1. The van der Waals surface area contributed by atoms with Gasteiger partial charge in [-0.1, -0.05) is 30.3 Å². The van der Waals surface area contributed by atoms with Gasteiger partial charge in [0.25, 0.3) is 0 Å². The highest BCUT2D eigenvalue weighted by Gasteiger charge is 2.31. The summed E-state index contributed by atoms with van der Waals surface area (Å²) in [4.78, 5) is 22.5. The van der Waals surface area contributed by atoms with Gasteiger partial charge >= 0.3 is 12.1 Å². The number of ether oxygens (including phenoxy) is 2. The quantitative estimate of drug-likeness (QED) is 0.772. The molecule has 6 nitrogen and oxygen atoms in total. The van der Waals surface area contributed by atoms with Crippen molar-refractivity contribution in [2.45, 2.75) is 19.1 Å². The van der Waals surface area contributed by atoms with Gasteiger partial charge in [0.05, 0.1) is 13.7 Å². The summed E-state index contributed by atoms with van der Waals surface area (Å²) < 4.78 is 9.32. The largest absolute Gasteiger partial charge is 0.467 e. The smallest absolute Gasteiger partial charge is 0.407 e. The zero-order valence-corrected chi connectivity index (χ0v) is 10.9. The molecule has 0 aliphatic heterocycles. The highest BCUT2D eigenvalue weighted by Crippen LogP contribution is 2.04. The second kappa shape index (κ2) is 6.75. The first-order valence-electron chi connectivity index (χ1n) is 5.71. The first-order valence-corrected chi connectivity index (χ1v) is 5.71. The van der Waals surface area contributed by atoms with Crippen molar-refractivity contribution >= 4 is 12.1 Å². The fraction of sp³-hybridized carbons (Fsp3) is 0.385. The van der Waals surface area contributed by atoms with Crippen molar-refractivity contribution in [1.29, 1.82) is 0 Å². The van der Waals surface area contributed by atoms with Crippen LogP contribution in [-0.4, -0.2) is 36.4 Å². The number of benzene rings is 1. The van der Waals surface area contributed by atoms with Gasteiger partial charge in [-0.05, 0) is 12.5 Å². The molecule has 0 bridgehead atoms. The summed E-state index contributed by atoms with van der Waals surface area (Å²) in [5.41, 5.74) is -0.932. The van der Waals surface area contributed by atoms with Gasteiger partial charge in [0.1, 0.15) is 6.61 Å². The third kappa shape index (κ3) is 4.97. The van der Waals surface area contributed by atoms with E-state index in [4.69, 9.17) is 4.74 Å². The van der Waals surface area contributed by atoms with Gasteiger partial charge in [-0.2, -0.15) is 0 Å². The van der Waals surface area contributed by atoms with E-state index in [9.17, 15) is 14.7 Å². The predicted molar refractivity (Wildman–Crippen MR) is 67.3 cm³/mol. The molecule has 104 valence electrons. The van der Waals surface area contributed by atoms with Crippen LogP contribution in [0.25, 0.3) is 0 Å². The topological polar surface area (TPSA) is 84.9 Å². The molecule has 0 aliphatic rings. The van der Waals surface area contributed by atoms with Crippen molar-refractivity contribution in [3.8, 4) is 0 Å². The molecule has 0 saturated heterocycles. The Morgan fingerprint density at radius 2 is 1.95 bits per heavy atom. The van der Waals surface area contributed by atoms with E-state index in [0.29, 0.717) is 0 Å². The van der Waals surface area contributed by atoms with E-state index in [1.54, 1.807) is 0 Å². The third-order valence-electron chi connectivity index (χ3n) is 2.41. The van der Waals surface area contributed by atoms with Gasteiger partial charge < -0.3 is 19.9 Å². The molecular weight excluding hydrogens is 250 g/mol. The molecule has 0 unspecified atom stereocenters. The van der Waals surface area contributed by atoms with E-state index in [2.05, 4.69) is 10.1 Å². The van der Waals surface area contributed by atoms with E-state index < -0.39 is 17.7 Å². The summed E-state index contributed by atoms with van der Waals surface area (Å²) in [6.07, 6.45) is -0.715. The maximum absolute atomic E-state index is 11.4. The van der Waals surface area contributed by atoms with Crippen molar-refractivity contribution in [1.82, 2.24) is 5.32 Å². The first kappa shape index (κ1) is 15.0. The summed E-state index contributed by atoms with van der Waals surface area (Å²) in [6, 6.07) is 9.16. The molecule has 0 spiro atoms. The summed E-state index contributed by atoms with van der Waals surface area (Å²) >= 11 is 0. The number of carbonyl (C=O) groups is 2. The molecule has 1 aromatic rings. The van der Waals surface area contributed by atoms with Crippen molar-refractivity contribution in [2.24, 2.45) is 0 Å². The lowest BCUT2D eigenvalue weighted by Gasteiger charge is -2.20. The zero-order chi connectivity index (χ0) is 14.3. The van der Waals surface area contributed by atoms with Gasteiger partial charge in [-0.25, -0.2) is 9.59 Å². The molecular formula is C13H17NO5. The number of alkyl carbamates (subject to hydrolysis) is 1. The zero-order valence-electron chi connectivity index (χ0n) is 10.9. The summed E-state index contributed by atoms with van der Waals surface area (Å²) in [6.45, 7) is 1.08. The minimum absolute atomic E-state index is 0.118. The van der Waals surface area contributed by atoms with E-state index in [-0.39, 0.29) is 13.2 Å². The highest BCUT2D eigenvalue weighted by atomic mass is 16.6. The lowest BCUT2D eigenvalue weighted by molar-refractivity contribution is -0.159.